The van der Waals surface area contributed by atoms with Gasteiger partial charge < -0.3 is 9.47 Å². The lowest BCUT2D eigenvalue weighted by atomic mass is 10.2. The highest BCUT2D eigenvalue weighted by Gasteiger charge is 2.39. The normalized spacial score (nSPS) is 14.6. The van der Waals surface area contributed by atoms with Crippen molar-refractivity contribution >= 4 is 10.0 Å². The third kappa shape index (κ3) is 3.39. The molecule has 128 valence electrons. The minimum Gasteiger partial charge on any atom is -0.497 e. The van der Waals surface area contributed by atoms with Gasteiger partial charge in [0.2, 0.25) is 10.0 Å². The first-order valence-electron chi connectivity index (χ1n) is 7.84. The number of nitrogens with zero attached hydrogens (tertiary/aromatic N) is 1. The Morgan fingerprint density at radius 3 is 2.25 bits per heavy atom. The Hall–Kier alpha value is -2.05. The predicted octanol–water partition coefficient (Wildman–Crippen LogP) is 3.06. The molecule has 5 nitrogen and oxygen atoms in total. The van der Waals surface area contributed by atoms with Crippen LogP contribution < -0.4 is 9.47 Å². The zero-order chi connectivity index (χ0) is 17.2. The maximum Gasteiger partial charge on any atom is 0.247 e. The summed E-state index contributed by atoms with van der Waals surface area (Å²) in [5.74, 6) is 1.13. The van der Waals surface area contributed by atoms with Crippen LogP contribution in [0.25, 0.3) is 0 Å². The Morgan fingerprint density at radius 1 is 1.00 bits per heavy atom. The fourth-order valence-corrected chi connectivity index (χ4v) is 4.47. The fraction of sp³-hybridized carbons (Fsp3) is 0.333. The summed E-state index contributed by atoms with van der Waals surface area (Å²) in [5.41, 5.74) is 0.932. The summed E-state index contributed by atoms with van der Waals surface area (Å²) in [5, 5.41) is 0. The van der Waals surface area contributed by atoms with E-state index in [1.807, 2.05) is 24.3 Å². The topological polar surface area (TPSA) is 55.8 Å². The zero-order valence-electron chi connectivity index (χ0n) is 13.8. The van der Waals surface area contributed by atoms with E-state index in [-0.39, 0.29) is 10.9 Å². The molecule has 0 N–H and O–H groups in total. The van der Waals surface area contributed by atoms with Crippen molar-refractivity contribution in [2.75, 3.05) is 14.2 Å². The van der Waals surface area contributed by atoms with Crippen molar-refractivity contribution in [3.05, 3.63) is 54.1 Å². The highest BCUT2D eigenvalue weighted by molar-refractivity contribution is 7.89. The molecular formula is C18H21NO4S. The van der Waals surface area contributed by atoms with Crippen LogP contribution in [0.2, 0.25) is 0 Å². The molecule has 0 aliphatic heterocycles. The lowest BCUT2D eigenvalue weighted by molar-refractivity contribution is 0.381. The highest BCUT2D eigenvalue weighted by atomic mass is 32.2. The van der Waals surface area contributed by atoms with E-state index in [9.17, 15) is 8.42 Å². The van der Waals surface area contributed by atoms with E-state index in [4.69, 9.17) is 9.47 Å². The highest BCUT2D eigenvalue weighted by Crippen LogP contribution is 2.36. The van der Waals surface area contributed by atoms with Crippen molar-refractivity contribution < 1.29 is 17.9 Å². The first kappa shape index (κ1) is 16.8. The Bertz CT molecular complexity index is 798. The van der Waals surface area contributed by atoms with E-state index in [0.717, 1.165) is 24.2 Å². The lowest BCUT2D eigenvalue weighted by Gasteiger charge is -2.23. The summed E-state index contributed by atoms with van der Waals surface area (Å²) in [7, 11) is -0.523. The number of hydrogen-bond acceptors (Lipinski definition) is 4. The van der Waals surface area contributed by atoms with Crippen LogP contribution in [0.5, 0.6) is 11.5 Å². The molecule has 0 heterocycles. The SMILES string of the molecule is COc1ccc(CN(C2CC2)S(=O)(=O)c2ccccc2OC)cc1. The molecular weight excluding hydrogens is 326 g/mol. The molecule has 0 atom stereocenters. The Kier molecular flexibility index (Phi) is 4.78. The molecule has 0 bridgehead atoms. The summed E-state index contributed by atoms with van der Waals surface area (Å²) in [6.45, 7) is 0.342. The maximum absolute atomic E-state index is 13.1. The van der Waals surface area contributed by atoms with E-state index in [1.165, 1.54) is 7.11 Å². The largest absolute Gasteiger partial charge is 0.497 e. The van der Waals surface area contributed by atoms with Crippen LogP contribution in [0.4, 0.5) is 0 Å². The Labute approximate surface area is 142 Å². The third-order valence-electron chi connectivity index (χ3n) is 4.11. The Morgan fingerprint density at radius 2 is 1.67 bits per heavy atom. The monoisotopic (exact) mass is 347 g/mol. The number of hydrogen-bond donors (Lipinski definition) is 0. The van der Waals surface area contributed by atoms with E-state index >= 15 is 0 Å². The number of benzene rings is 2. The second-order valence-corrected chi connectivity index (χ2v) is 7.64. The molecule has 1 aliphatic rings. The molecule has 0 spiro atoms. The van der Waals surface area contributed by atoms with Gasteiger partial charge in [-0.15, -0.1) is 0 Å². The third-order valence-corrected chi connectivity index (χ3v) is 6.05. The molecule has 6 heteroatoms. The minimum atomic E-state index is -3.62. The average Bonchev–Trinajstić information content (AvgIpc) is 3.44. The number of methoxy groups -OCH3 is 2. The summed E-state index contributed by atoms with van der Waals surface area (Å²) in [4.78, 5) is 0.216. The number of rotatable bonds is 7. The van der Waals surface area contributed by atoms with Gasteiger partial charge in [-0.05, 0) is 42.7 Å². The first-order chi connectivity index (χ1) is 11.6. The van der Waals surface area contributed by atoms with Crippen LogP contribution >= 0.6 is 0 Å². The molecule has 3 rings (SSSR count). The number of para-hydroxylation sites is 1. The van der Waals surface area contributed by atoms with Crippen molar-refractivity contribution in [1.82, 2.24) is 4.31 Å². The maximum atomic E-state index is 13.1. The van der Waals surface area contributed by atoms with Gasteiger partial charge in [-0.25, -0.2) is 8.42 Å². The van der Waals surface area contributed by atoms with Crippen LogP contribution in [0.1, 0.15) is 18.4 Å². The number of ether oxygens (including phenoxy) is 2. The molecule has 2 aromatic rings. The summed E-state index contributed by atoms with van der Waals surface area (Å²) >= 11 is 0. The van der Waals surface area contributed by atoms with E-state index in [1.54, 1.807) is 35.7 Å². The van der Waals surface area contributed by atoms with Gasteiger partial charge in [-0.2, -0.15) is 4.31 Å². The fourth-order valence-electron chi connectivity index (χ4n) is 2.64. The molecule has 0 unspecified atom stereocenters. The van der Waals surface area contributed by atoms with Crippen LogP contribution in [0.3, 0.4) is 0 Å². The van der Waals surface area contributed by atoms with Crippen LogP contribution in [-0.2, 0) is 16.6 Å². The van der Waals surface area contributed by atoms with Gasteiger partial charge in [0, 0.05) is 12.6 Å². The molecule has 1 fully saturated rings. The van der Waals surface area contributed by atoms with Crippen LogP contribution in [-0.4, -0.2) is 33.0 Å². The van der Waals surface area contributed by atoms with E-state index < -0.39 is 10.0 Å². The smallest absolute Gasteiger partial charge is 0.247 e. The van der Waals surface area contributed by atoms with Crippen molar-refractivity contribution in [3.63, 3.8) is 0 Å². The summed E-state index contributed by atoms with van der Waals surface area (Å²) in [6, 6.07) is 14.3. The van der Waals surface area contributed by atoms with Gasteiger partial charge in [0.05, 0.1) is 14.2 Å². The van der Waals surface area contributed by atoms with Gasteiger partial charge in [0.1, 0.15) is 16.4 Å². The van der Waals surface area contributed by atoms with Crippen LogP contribution in [0.15, 0.2) is 53.4 Å². The lowest BCUT2D eigenvalue weighted by Crippen LogP contribution is -2.32. The molecule has 0 aromatic heterocycles. The first-order valence-corrected chi connectivity index (χ1v) is 9.28. The van der Waals surface area contributed by atoms with E-state index in [0.29, 0.717) is 12.3 Å². The molecule has 2 aromatic carbocycles. The molecule has 1 saturated carbocycles. The molecule has 0 amide bonds. The number of sulfonamides is 1. The Balaban J connectivity index is 1.92. The van der Waals surface area contributed by atoms with Gasteiger partial charge >= 0.3 is 0 Å². The van der Waals surface area contributed by atoms with Crippen LogP contribution in [0, 0.1) is 0 Å². The molecule has 1 aliphatic carbocycles. The minimum absolute atomic E-state index is 0.0574. The second kappa shape index (κ2) is 6.83. The molecule has 0 saturated heterocycles. The standard InChI is InChI=1S/C18H21NO4S/c1-22-16-11-7-14(8-12-16)13-19(15-9-10-15)24(20,21)18-6-4-3-5-17(18)23-2/h3-8,11-12,15H,9-10,13H2,1-2H3. The predicted molar refractivity (Wildman–Crippen MR) is 91.7 cm³/mol. The summed E-state index contributed by atoms with van der Waals surface area (Å²) in [6.07, 6.45) is 1.79. The van der Waals surface area contributed by atoms with Gasteiger partial charge in [0.25, 0.3) is 0 Å². The van der Waals surface area contributed by atoms with Gasteiger partial charge in [-0.1, -0.05) is 24.3 Å². The van der Waals surface area contributed by atoms with Crippen molar-refractivity contribution in [3.8, 4) is 11.5 Å². The summed E-state index contributed by atoms with van der Waals surface area (Å²) < 4.78 is 38.3. The van der Waals surface area contributed by atoms with Crippen molar-refractivity contribution in [2.45, 2.75) is 30.3 Å². The quantitative estimate of drug-likeness (QED) is 0.772. The van der Waals surface area contributed by atoms with Gasteiger partial charge in [0.15, 0.2) is 0 Å². The van der Waals surface area contributed by atoms with E-state index in [2.05, 4.69) is 0 Å². The van der Waals surface area contributed by atoms with Crippen molar-refractivity contribution in [2.24, 2.45) is 0 Å². The van der Waals surface area contributed by atoms with Gasteiger partial charge in [-0.3, -0.25) is 0 Å². The van der Waals surface area contributed by atoms with Crippen molar-refractivity contribution in [1.29, 1.82) is 0 Å². The average molecular weight is 347 g/mol. The molecule has 0 radical (unpaired) electrons. The zero-order valence-corrected chi connectivity index (χ0v) is 14.6. The second-order valence-electron chi connectivity index (χ2n) is 5.78. The molecule has 24 heavy (non-hydrogen) atoms.